The molecular formula is C21H22FN3O8Tc+7. The fraction of sp³-hybridized carbons (Fsp3) is 0.381. The summed E-state index contributed by atoms with van der Waals surface area (Å²) in [6.45, 7) is 18.6. The van der Waals surface area contributed by atoms with Gasteiger partial charge in [-0.1, -0.05) is 0 Å². The number of hydrogen-bond donors (Lipinski definition) is 1. The van der Waals surface area contributed by atoms with E-state index < -0.39 is 17.2 Å². The molecule has 3 N–H and O–H groups in total. The molecule has 0 amide bonds. The first-order chi connectivity index (χ1) is 15.4. The van der Waals surface area contributed by atoms with Crippen LogP contribution in [0.4, 0.5) is 10.1 Å². The van der Waals surface area contributed by atoms with Crippen molar-refractivity contribution in [3.8, 4) is 5.75 Å². The third-order valence-corrected chi connectivity index (χ3v) is 5.19. The number of carbonyl (C=O) groups is 1. The van der Waals surface area contributed by atoms with Crippen LogP contribution in [0.5, 0.6) is 5.75 Å². The molecule has 0 radical (unpaired) electrons. The van der Waals surface area contributed by atoms with E-state index in [9.17, 15) is 19.1 Å². The van der Waals surface area contributed by atoms with Gasteiger partial charge in [-0.3, -0.25) is 4.79 Å². The number of benzene rings is 1. The number of aromatic nitrogens is 1. The van der Waals surface area contributed by atoms with E-state index in [-0.39, 0.29) is 49.2 Å². The van der Waals surface area contributed by atoms with Crippen LogP contribution in [0.1, 0.15) is 23.3 Å². The summed E-state index contributed by atoms with van der Waals surface area (Å²) in [6.07, 6.45) is 1.34. The number of aromatic carboxylic acids is 1. The van der Waals surface area contributed by atoms with E-state index in [2.05, 4.69) is 24.9 Å². The molecule has 34 heavy (non-hydrogen) atoms. The minimum atomic E-state index is -1.32. The molecule has 0 saturated carbocycles. The molecule has 176 valence electrons. The van der Waals surface area contributed by atoms with Crippen molar-refractivity contribution in [3.05, 3.63) is 53.8 Å². The van der Waals surface area contributed by atoms with Gasteiger partial charge < -0.3 is 29.7 Å². The third-order valence-electron chi connectivity index (χ3n) is 5.19. The van der Waals surface area contributed by atoms with Crippen LogP contribution in [-0.2, 0) is 34.1 Å². The summed E-state index contributed by atoms with van der Waals surface area (Å²) in [5.74, 6) is -1.54. The van der Waals surface area contributed by atoms with Crippen molar-refractivity contribution < 1.29 is 58.6 Å². The summed E-state index contributed by atoms with van der Waals surface area (Å²) in [4.78, 5) is 28.1. The Morgan fingerprint density at radius 2 is 1.68 bits per heavy atom. The zero-order valence-corrected chi connectivity index (χ0v) is 20.1. The number of anilines is 1. The molecule has 2 aliphatic rings. The maximum absolute atomic E-state index is 15.0. The van der Waals surface area contributed by atoms with Gasteiger partial charge in [0.2, 0.25) is 5.43 Å². The van der Waals surface area contributed by atoms with Gasteiger partial charge in [0.15, 0.2) is 11.6 Å². The van der Waals surface area contributed by atoms with Crippen LogP contribution >= 0.6 is 0 Å². The van der Waals surface area contributed by atoms with Gasteiger partial charge in [0.1, 0.15) is 17.9 Å². The first kappa shape index (κ1) is 33.4. The van der Waals surface area contributed by atoms with E-state index in [4.69, 9.17) is 18.7 Å². The molecule has 4 rings (SSSR count). The summed E-state index contributed by atoms with van der Waals surface area (Å²) in [5, 5.41) is 9.36. The normalized spacial score (nSPS) is 15.7. The number of piperazine rings is 1. The van der Waals surface area contributed by atoms with E-state index in [1.165, 1.54) is 6.20 Å². The van der Waals surface area contributed by atoms with Gasteiger partial charge >= 0.3 is 60.0 Å². The van der Waals surface area contributed by atoms with Gasteiger partial charge in [-0.25, -0.2) is 9.18 Å². The third kappa shape index (κ3) is 6.42. The molecule has 1 aromatic heterocycles. The van der Waals surface area contributed by atoms with E-state index in [0.29, 0.717) is 30.0 Å². The topological polar surface area (TPSA) is 166 Å². The van der Waals surface area contributed by atoms with Crippen molar-refractivity contribution >= 4 is 22.6 Å². The molecule has 0 bridgehead atoms. The van der Waals surface area contributed by atoms with Crippen LogP contribution in [0.3, 0.4) is 0 Å². The number of pyridine rings is 1. The van der Waals surface area contributed by atoms with Crippen molar-refractivity contribution in [1.82, 2.24) is 9.47 Å². The van der Waals surface area contributed by atoms with Gasteiger partial charge in [-0.05, 0) is 20.0 Å². The standard InChI is InChI=1S/C18H20FN3O4.3CO.H2O.Tc/c1-10-9-26-17-14-11(16(23)12(18(24)25)8-22(10)14)7-13(19)15(17)21-5-3-20(2)4-6-21;3*1-2;;/h7-8,10H,3-6,9H2,1-2H3,(H,24,25);;;;1H2;/q;;;;;+7/i;;;;;1+1. The van der Waals surface area contributed by atoms with Crippen LogP contribution in [0, 0.1) is 25.8 Å². The Labute approximate surface area is 207 Å². The SMILES string of the molecule is CC1COc2c(N3CCN(C)CC3)c(F)cc3c(=O)c(C(=O)O)cn1c23.O.[99Tc+7].[C-]#[O+].[C-]#[O+].[C-]#[O+]. The number of carboxylic acid groups (broad SMARTS) is 1. The van der Waals surface area contributed by atoms with Crippen LogP contribution < -0.4 is 15.1 Å². The predicted octanol–water partition coefficient (Wildman–Crippen LogP) is 0.604. The number of carboxylic acids is 1. The predicted molar refractivity (Wildman–Crippen MR) is 110 cm³/mol. The minimum absolute atomic E-state index is 0. The average Bonchev–Trinajstić information content (AvgIpc) is 2.82. The number of rotatable bonds is 2. The molecule has 1 saturated heterocycles. The average molecular weight is 562 g/mol. The summed E-state index contributed by atoms with van der Waals surface area (Å²) >= 11 is 0. The Hall–Kier alpha value is -2.78. The Bertz CT molecular complexity index is 1090. The van der Waals surface area contributed by atoms with Gasteiger partial charge in [0.05, 0.1) is 16.9 Å². The van der Waals surface area contributed by atoms with Crippen LogP contribution in [0.25, 0.3) is 10.9 Å². The second-order valence-corrected chi connectivity index (χ2v) is 6.97. The Morgan fingerprint density at radius 1 is 1.15 bits per heavy atom. The Kier molecular flexibility index (Phi) is 14.9. The zero-order chi connectivity index (χ0) is 24.6. The summed E-state index contributed by atoms with van der Waals surface area (Å²) in [7, 11) is 2.02. The fourth-order valence-electron chi connectivity index (χ4n) is 3.69. The zero-order valence-electron chi connectivity index (χ0n) is 18.3. The first-order valence-electron chi connectivity index (χ1n) is 9.20. The molecule has 1 unspecified atom stereocenters. The summed E-state index contributed by atoms with van der Waals surface area (Å²) in [6, 6.07) is 0.994. The van der Waals surface area contributed by atoms with Crippen LogP contribution in [0.15, 0.2) is 17.1 Å². The van der Waals surface area contributed by atoms with Crippen molar-refractivity contribution in [3.63, 3.8) is 0 Å². The number of nitrogens with zero attached hydrogens (tertiary/aromatic N) is 3. The van der Waals surface area contributed by atoms with Gasteiger partial charge in [-0.15, -0.1) is 0 Å². The van der Waals surface area contributed by atoms with E-state index in [1.54, 1.807) is 4.57 Å². The summed E-state index contributed by atoms with van der Waals surface area (Å²) in [5.41, 5.74) is -0.224. The molecule has 1 aromatic carbocycles. The molecule has 11 nitrogen and oxygen atoms in total. The number of hydrogen-bond acceptors (Lipinski definition) is 5. The summed E-state index contributed by atoms with van der Waals surface area (Å²) < 4.78 is 45.1. The molecule has 3 heterocycles. The Morgan fingerprint density at radius 3 is 2.18 bits per heavy atom. The van der Waals surface area contributed by atoms with Gasteiger partial charge in [-0.2, -0.15) is 0 Å². The molecule has 2 aliphatic heterocycles. The van der Waals surface area contributed by atoms with E-state index >= 15 is 0 Å². The molecule has 13 heteroatoms. The quantitative estimate of drug-likeness (QED) is 0.416. The Balaban J connectivity index is 0. The second kappa shape index (κ2) is 15.2. The number of ether oxygens (including phenoxy) is 1. The molecule has 1 fully saturated rings. The van der Waals surface area contributed by atoms with E-state index in [0.717, 1.165) is 19.2 Å². The second-order valence-electron chi connectivity index (χ2n) is 6.97. The van der Waals surface area contributed by atoms with E-state index in [1.807, 2.05) is 18.9 Å². The van der Waals surface area contributed by atoms with Crippen molar-refractivity contribution in [2.24, 2.45) is 0 Å². The fourth-order valence-corrected chi connectivity index (χ4v) is 3.69. The molecule has 0 spiro atoms. The molecule has 1 atom stereocenters. The monoisotopic (exact) mass is 562 g/mol. The number of halogens is 1. The van der Waals surface area contributed by atoms with Crippen LogP contribution in [0.2, 0.25) is 0 Å². The molecule has 0 aliphatic carbocycles. The van der Waals surface area contributed by atoms with Gasteiger partial charge in [0, 0.05) is 32.4 Å². The van der Waals surface area contributed by atoms with Gasteiger partial charge in [0.25, 0.3) is 0 Å². The number of likely N-dealkylation sites (N-methyl/N-ethyl adjacent to an activating group) is 1. The first-order valence-corrected chi connectivity index (χ1v) is 9.20. The van der Waals surface area contributed by atoms with Crippen LogP contribution in [-0.4, -0.2) is 65.9 Å². The van der Waals surface area contributed by atoms with Crippen molar-refractivity contribution in [2.75, 3.05) is 44.7 Å². The molecular weight excluding hydrogens is 540 g/mol. The van der Waals surface area contributed by atoms with Crippen molar-refractivity contribution in [2.45, 2.75) is 13.0 Å². The maximum atomic E-state index is 15.0. The van der Waals surface area contributed by atoms with Crippen molar-refractivity contribution in [1.29, 1.82) is 0 Å². The molecule has 2 aromatic rings.